The molecule has 0 fully saturated rings. The van der Waals surface area contributed by atoms with Gasteiger partial charge in [-0.05, 0) is 0 Å². The van der Waals surface area contributed by atoms with Gasteiger partial charge in [-0.1, -0.05) is 0 Å². The average molecular weight is 257 g/mol. The van der Waals surface area contributed by atoms with E-state index in [4.69, 9.17) is 0 Å². The van der Waals surface area contributed by atoms with E-state index in [9.17, 15) is 0 Å². The minimum absolute atomic E-state index is 0.889. The Labute approximate surface area is 38.1 Å². The van der Waals surface area contributed by atoms with E-state index in [2.05, 4.69) is 20.6 Å². The van der Waals surface area contributed by atoms with Crippen LogP contribution in [0.4, 0.5) is 0 Å². The SMILES string of the molecule is [CH3][Au]([CH3])([CH3])[CH3]. The molecule has 0 saturated heterocycles. The zero-order valence-corrected chi connectivity index (χ0v) is 6.47. The van der Waals surface area contributed by atoms with E-state index in [1.54, 1.807) is 0 Å². The predicted octanol–water partition coefficient (Wildman–Crippen LogP) is 2.33. The van der Waals surface area contributed by atoms with Crippen LogP contribution in [-0.2, 0) is 17.1 Å². The molecule has 0 aliphatic rings. The first-order valence-electron chi connectivity index (χ1n) is 1.21. The summed E-state index contributed by atoms with van der Waals surface area (Å²) in [7, 11) is 0. The van der Waals surface area contributed by atoms with E-state index in [0.717, 1.165) is 0 Å². The molecule has 39 valence electrons. The van der Waals surface area contributed by atoms with Crippen molar-refractivity contribution < 1.29 is 17.1 Å². The quantitative estimate of drug-likeness (QED) is 0.584. The van der Waals surface area contributed by atoms with Crippen LogP contribution in [-0.4, -0.2) is 0 Å². The molecule has 0 unspecified atom stereocenters. The summed E-state index contributed by atoms with van der Waals surface area (Å²) in [6.45, 7) is 0. The molecule has 1 heteroatoms. The van der Waals surface area contributed by atoms with Gasteiger partial charge in [0.2, 0.25) is 0 Å². The van der Waals surface area contributed by atoms with Crippen molar-refractivity contribution >= 4 is 0 Å². The van der Waals surface area contributed by atoms with Gasteiger partial charge in [0.25, 0.3) is 0 Å². The summed E-state index contributed by atoms with van der Waals surface area (Å²) in [5.41, 5.74) is 0. The molecule has 0 aliphatic heterocycles. The van der Waals surface area contributed by atoms with Crippen LogP contribution in [0.15, 0.2) is 0 Å². The molecule has 0 bridgehead atoms. The van der Waals surface area contributed by atoms with Gasteiger partial charge in [0, 0.05) is 0 Å². The topological polar surface area (TPSA) is 0 Å². The van der Waals surface area contributed by atoms with E-state index in [1.165, 1.54) is 0 Å². The van der Waals surface area contributed by atoms with Gasteiger partial charge in [-0.25, -0.2) is 0 Å². The number of hydrogen-bond donors (Lipinski definition) is 0. The minimum atomic E-state index is -0.889. The van der Waals surface area contributed by atoms with Crippen molar-refractivity contribution in [3.63, 3.8) is 0 Å². The maximum atomic E-state index is 2.36. The molecule has 0 aromatic rings. The van der Waals surface area contributed by atoms with Gasteiger partial charge >= 0.3 is 37.7 Å². The molecular weight excluding hydrogens is 245 g/mol. The van der Waals surface area contributed by atoms with Crippen LogP contribution in [0.2, 0.25) is 20.6 Å². The van der Waals surface area contributed by atoms with Crippen molar-refractivity contribution in [2.75, 3.05) is 0 Å². The molecule has 0 radical (unpaired) electrons. The van der Waals surface area contributed by atoms with E-state index in [-0.39, 0.29) is 0 Å². The van der Waals surface area contributed by atoms with E-state index < -0.39 is 17.1 Å². The van der Waals surface area contributed by atoms with Crippen LogP contribution in [0.5, 0.6) is 0 Å². The van der Waals surface area contributed by atoms with Gasteiger partial charge in [0.1, 0.15) is 0 Å². The molecule has 0 amide bonds. The third-order valence-corrected chi connectivity index (χ3v) is 0. The fraction of sp³-hybridized carbons (Fsp3) is 1.00. The molecule has 0 N–H and O–H groups in total. The molecule has 5 heavy (non-hydrogen) atoms. The third kappa shape index (κ3) is 65.0. The fourth-order valence-electron chi connectivity index (χ4n) is 0. The van der Waals surface area contributed by atoms with Gasteiger partial charge in [0.05, 0.1) is 0 Å². The van der Waals surface area contributed by atoms with Crippen molar-refractivity contribution in [2.24, 2.45) is 0 Å². The summed E-state index contributed by atoms with van der Waals surface area (Å²) < 4.78 is 0. The summed E-state index contributed by atoms with van der Waals surface area (Å²) in [4.78, 5) is 0. The molecule has 0 saturated carbocycles. The van der Waals surface area contributed by atoms with Gasteiger partial charge < -0.3 is 0 Å². The average Bonchev–Trinajstić information content (AvgIpc) is 0.722. The summed E-state index contributed by atoms with van der Waals surface area (Å²) in [6.07, 6.45) is 0. The number of rotatable bonds is 0. The second-order valence-electron chi connectivity index (χ2n) is 1.81. The molecule has 0 heterocycles. The normalized spacial score (nSPS) is 15.2. The van der Waals surface area contributed by atoms with Crippen LogP contribution in [0.1, 0.15) is 0 Å². The van der Waals surface area contributed by atoms with Gasteiger partial charge in [0.15, 0.2) is 0 Å². The van der Waals surface area contributed by atoms with Crippen LogP contribution < -0.4 is 0 Å². The zero-order chi connectivity index (χ0) is 4.50. The monoisotopic (exact) mass is 257 g/mol. The second-order valence-corrected chi connectivity index (χ2v) is 14.8. The summed E-state index contributed by atoms with van der Waals surface area (Å²) in [5.74, 6) is 0. The first-order valence-corrected chi connectivity index (χ1v) is 9.87. The zero-order valence-electron chi connectivity index (χ0n) is 4.30. The molecule has 0 spiro atoms. The van der Waals surface area contributed by atoms with Gasteiger partial charge in [-0.15, -0.1) is 0 Å². The summed E-state index contributed by atoms with van der Waals surface area (Å²) in [6, 6.07) is 0. The summed E-state index contributed by atoms with van der Waals surface area (Å²) in [5, 5.41) is 9.44. The Morgan fingerprint density at radius 1 is 0.800 bits per heavy atom. The predicted molar refractivity (Wildman–Crippen MR) is 23.5 cm³/mol. The van der Waals surface area contributed by atoms with Crippen LogP contribution in [0.3, 0.4) is 0 Å². The Hall–Kier alpha value is 0.740. The van der Waals surface area contributed by atoms with Crippen molar-refractivity contribution in [2.45, 2.75) is 20.6 Å². The Morgan fingerprint density at radius 2 is 0.800 bits per heavy atom. The fourth-order valence-corrected chi connectivity index (χ4v) is 0. The standard InChI is InChI=1S/4CH3.Au/h4*1H3;. The molecular formula is C4H12Au. The van der Waals surface area contributed by atoms with Crippen LogP contribution in [0, 0.1) is 0 Å². The first-order chi connectivity index (χ1) is 2.00. The van der Waals surface area contributed by atoms with Crippen molar-refractivity contribution in [1.82, 2.24) is 0 Å². The molecule has 0 aromatic heterocycles. The molecule has 0 nitrogen and oxygen atoms in total. The Balaban J connectivity index is 3.02. The Kier molecular flexibility index (Phi) is 1.68. The Morgan fingerprint density at radius 3 is 0.800 bits per heavy atom. The molecule has 0 atom stereocenters. The van der Waals surface area contributed by atoms with E-state index in [0.29, 0.717) is 0 Å². The summed E-state index contributed by atoms with van der Waals surface area (Å²) >= 11 is -0.889. The number of hydrogen-bond acceptors (Lipinski definition) is 0. The van der Waals surface area contributed by atoms with Crippen LogP contribution in [0.25, 0.3) is 0 Å². The molecule has 0 aromatic carbocycles. The van der Waals surface area contributed by atoms with Gasteiger partial charge in [-0.2, -0.15) is 0 Å². The Bertz CT molecular complexity index is 19.1. The van der Waals surface area contributed by atoms with Crippen molar-refractivity contribution in [3.8, 4) is 0 Å². The van der Waals surface area contributed by atoms with E-state index >= 15 is 0 Å². The second kappa shape index (κ2) is 1.46. The maximum absolute atomic E-state index is 2.36. The molecule has 0 aliphatic carbocycles. The van der Waals surface area contributed by atoms with Gasteiger partial charge in [-0.3, -0.25) is 0 Å². The van der Waals surface area contributed by atoms with Crippen molar-refractivity contribution in [1.29, 1.82) is 0 Å². The van der Waals surface area contributed by atoms with Crippen molar-refractivity contribution in [3.05, 3.63) is 0 Å². The molecule has 0 rings (SSSR count). The first kappa shape index (κ1) is 5.74. The van der Waals surface area contributed by atoms with E-state index in [1.807, 2.05) is 0 Å². The van der Waals surface area contributed by atoms with Crippen LogP contribution >= 0.6 is 0 Å². The third-order valence-electron chi connectivity index (χ3n) is 0.